The van der Waals surface area contributed by atoms with Crippen LogP contribution in [0.15, 0.2) is 67.0 Å². The fourth-order valence-corrected chi connectivity index (χ4v) is 3.10. The highest BCUT2D eigenvalue weighted by Crippen LogP contribution is 2.26. The topological polar surface area (TPSA) is 54.5 Å². The lowest BCUT2D eigenvalue weighted by molar-refractivity contribution is 0.102. The largest absolute Gasteiger partial charge is 0.491 e. The minimum atomic E-state index is -0.197. The number of nitrogens with zero attached hydrogens (tertiary/aromatic N) is 2. The van der Waals surface area contributed by atoms with Crippen molar-refractivity contribution in [2.75, 3.05) is 16.8 Å². The SMILES string of the molecule is CCN(c1cccc(C)c1)c1cncc(C(=O)Nc2ccc(OC(C)C)cc2)c1. The van der Waals surface area contributed by atoms with Gasteiger partial charge in [0.05, 0.1) is 23.6 Å². The average molecular weight is 389 g/mol. The van der Waals surface area contributed by atoms with Crippen molar-refractivity contribution in [2.45, 2.75) is 33.8 Å². The van der Waals surface area contributed by atoms with Crippen LogP contribution in [0.1, 0.15) is 36.7 Å². The van der Waals surface area contributed by atoms with Crippen molar-refractivity contribution < 1.29 is 9.53 Å². The van der Waals surface area contributed by atoms with Crippen LogP contribution in [0.2, 0.25) is 0 Å². The summed E-state index contributed by atoms with van der Waals surface area (Å²) >= 11 is 0. The molecule has 0 atom stereocenters. The third-order valence-electron chi connectivity index (χ3n) is 4.41. The van der Waals surface area contributed by atoms with E-state index < -0.39 is 0 Å². The van der Waals surface area contributed by atoms with Gasteiger partial charge < -0.3 is 15.0 Å². The van der Waals surface area contributed by atoms with Crippen molar-refractivity contribution in [1.82, 2.24) is 4.98 Å². The van der Waals surface area contributed by atoms with Gasteiger partial charge in [0.15, 0.2) is 0 Å². The molecular formula is C24H27N3O2. The summed E-state index contributed by atoms with van der Waals surface area (Å²) in [6, 6.07) is 17.5. The number of rotatable bonds is 7. The number of carbonyl (C=O) groups excluding carboxylic acids is 1. The zero-order valence-corrected chi connectivity index (χ0v) is 17.3. The first-order valence-corrected chi connectivity index (χ1v) is 9.83. The van der Waals surface area contributed by atoms with Gasteiger partial charge in [-0.05, 0) is 75.7 Å². The molecule has 150 valence electrons. The molecule has 0 fully saturated rings. The molecule has 1 amide bonds. The molecule has 1 N–H and O–H groups in total. The van der Waals surface area contributed by atoms with Crippen LogP contribution in [0.25, 0.3) is 0 Å². The number of amides is 1. The molecule has 0 aliphatic carbocycles. The smallest absolute Gasteiger partial charge is 0.257 e. The second kappa shape index (κ2) is 9.24. The Kier molecular flexibility index (Phi) is 6.50. The number of pyridine rings is 1. The number of aryl methyl sites for hydroxylation is 1. The van der Waals surface area contributed by atoms with E-state index in [2.05, 4.69) is 47.2 Å². The van der Waals surface area contributed by atoms with Gasteiger partial charge >= 0.3 is 0 Å². The van der Waals surface area contributed by atoms with Crippen molar-refractivity contribution >= 4 is 23.0 Å². The highest BCUT2D eigenvalue weighted by molar-refractivity contribution is 6.04. The Morgan fingerprint density at radius 1 is 1.07 bits per heavy atom. The number of carbonyl (C=O) groups is 1. The van der Waals surface area contributed by atoms with E-state index in [-0.39, 0.29) is 12.0 Å². The average Bonchev–Trinajstić information content (AvgIpc) is 2.70. The molecule has 0 aliphatic rings. The quantitative estimate of drug-likeness (QED) is 0.572. The van der Waals surface area contributed by atoms with Crippen LogP contribution in [-0.4, -0.2) is 23.5 Å². The Morgan fingerprint density at radius 2 is 1.83 bits per heavy atom. The molecule has 0 bridgehead atoms. The maximum atomic E-state index is 12.7. The van der Waals surface area contributed by atoms with Crippen LogP contribution in [0.4, 0.5) is 17.1 Å². The molecule has 5 heteroatoms. The van der Waals surface area contributed by atoms with Gasteiger partial charge in [-0.3, -0.25) is 9.78 Å². The van der Waals surface area contributed by atoms with Crippen molar-refractivity contribution in [1.29, 1.82) is 0 Å². The zero-order valence-electron chi connectivity index (χ0n) is 17.3. The summed E-state index contributed by atoms with van der Waals surface area (Å²) in [5, 5.41) is 2.92. The molecular weight excluding hydrogens is 362 g/mol. The molecule has 0 spiro atoms. The van der Waals surface area contributed by atoms with Gasteiger partial charge in [-0.1, -0.05) is 12.1 Å². The molecule has 3 rings (SSSR count). The third kappa shape index (κ3) is 5.35. The second-order valence-corrected chi connectivity index (χ2v) is 7.16. The summed E-state index contributed by atoms with van der Waals surface area (Å²) < 4.78 is 5.64. The number of nitrogens with one attached hydrogen (secondary N) is 1. The first-order valence-electron chi connectivity index (χ1n) is 9.83. The van der Waals surface area contributed by atoms with Crippen LogP contribution >= 0.6 is 0 Å². The van der Waals surface area contributed by atoms with E-state index >= 15 is 0 Å². The Balaban J connectivity index is 1.76. The van der Waals surface area contributed by atoms with Gasteiger partial charge in [-0.25, -0.2) is 0 Å². The van der Waals surface area contributed by atoms with Crippen LogP contribution < -0.4 is 15.0 Å². The normalized spacial score (nSPS) is 10.7. The van der Waals surface area contributed by atoms with E-state index in [9.17, 15) is 4.79 Å². The number of ether oxygens (including phenoxy) is 1. The monoisotopic (exact) mass is 389 g/mol. The summed E-state index contributed by atoms with van der Waals surface area (Å²) in [4.78, 5) is 19.2. The summed E-state index contributed by atoms with van der Waals surface area (Å²) in [6.45, 7) is 8.87. The fraction of sp³-hybridized carbons (Fsp3) is 0.250. The van der Waals surface area contributed by atoms with Crippen LogP contribution in [0.3, 0.4) is 0 Å². The van der Waals surface area contributed by atoms with E-state index in [0.29, 0.717) is 11.3 Å². The molecule has 1 aromatic heterocycles. The van der Waals surface area contributed by atoms with E-state index in [1.165, 1.54) is 5.56 Å². The molecule has 0 aliphatic heterocycles. The van der Waals surface area contributed by atoms with Crippen molar-refractivity contribution in [3.8, 4) is 5.75 Å². The number of anilines is 3. The van der Waals surface area contributed by atoms with E-state index in [1.54, 1.807) is 12.4 Å². The number of hydrogen-bond donors (Lipinski definition) is 1. The summed E-state index contributed by atoms with van der Waals surface area (Å²) in [7, 11) is 0. The van der Waals surface area contributed by atoms with Gasteiger partial charge in [-0.2, -0.15) is 0 Å². The number of aromatic nitrogens is 1. The lowest BCUT2D eigenvalue weighted by Crippen LogP contribution is -2.18. The number of benzene rings is 2. The minimum absolute atomic E-state index is 0.110. The number of hydrogen-bond acceptors (Lipinski definition) is 4. The van der Waals surface area contributed by atoms with Gasteiger partial charge in [0.1, 0.15) is 5.75 Å². The van der Waals surface area contributed by atoms with E-state index in [4.69, 9.17) is 4.74 Å². The predicted molar refractivity (Wildman–Crippen MR) is 118 cm³/mol. The summed E-state index contributed by atoms with van der Waals surface area (Å²) in [6.07, 6.45) is 3.47. The Hall–Kier alpha value is -3.34. The first-order chi connectivity index (χ1) is 14.0. The van der Waals surface area contributed by atoms with Crippen LogP contribution in [-0.2, 0) is 0 Å². The lowest BCUT2D eigenvalue weighted by Gasteiger charge is -2.23. The second-order valence-electron chi connectivity index (χ2n) is 7.16. The standard InChI is InChI=1S/C24H27N3O2/c1-5-27(21-8-6-7-18(4)13-21)22-14-19(15-25-16-22)24(28)26-20-9-11-23(12-10-20)29-17(2)3/h6-17H,5H2,1-4H3,(H,26,28). The molecule has 0 saturated carbocycles. The fourth-order valence-electron chi connectivity index (χ4n) is 3.10. The van der Waals surface area contributed by atoms with Gasteiger partial charge in [-0.15, -0.1) is 0 Å². The van der Waals surface area contributed by atoms with Gasteiger partial charge in [0.2, 0.25) is 0 Å². The highest BCUT2D eigenvalue weighted by atomic mass is 16.5. The van der Waals surface area contributed by atoms with E-state index in [0.717, 1.165) is 23.7 Å². The molecule has 29 heavy (non-hydrogen) atoms. The molecule has 0 saturated heterocycles. The Morgan fingerprint density at radius 3 is 2.48 bits per heavy atom. The third-order valence-corrected chi connectivity index (χ3v) is 4.41. The van der Waals surface area contributed by atoms with Crippen molar-refractivity contribution in [2.24, 2.45) is 0 Å². The molecule has 2 aromatic carbocycles. The molecule has 1 heterocycles. The minimum Gasteiger partial charge on any atom is -0.491 e. The van der Waals surface area contributed by atoms with Gasteiger partial charge in [0, 0.05) is 24.1 Å². The molecule has 0 unspecified atom stereocenters. The van der Waals surface area contributed by atoms with Crippen LogP contribution in [0, 0.1) is 6.92 Å². The van der Waals surface area contributed by atoms with E-state index in [1.807, 2.05) is 50.2 Å². The summed E-state index contributed by atoms with van der Waals surface area (Å²) in [5.74, 6) is 0.579. The first kappa shape index (κ1) is 20.4. The maximum absolute atomic E-state index is 12.7. The molecule has 0 radical (unpaired) electrons. The molecule has 5 nitrogen and oxygen atoms in total. The lowest BCUT2D eigenvalue weighted by atomic mass is 10.1. The van der Waals surface area contributed by atoms with Crippen molar-refractivity contribution in [3.05, 3.63) is 78.1 Å². The Bertz CT molecular complexity index is 968. The maximum Gasteiger partial charge on any atom is 0.257 e. The summed E-state index contributed by atoms with van der Waals surface area (Å²) in [5.41, 5.74) is 4.37. The van der Waals surface area contributed by atoms with Gasteiger partial charge in [0.25, 0.3) is 5.91 Å². The molecule has 3 aromatic rings. The zero-order chi connectivity index (χ0) is 20.8. The highest BCUT2D eigenvalue weighted by Gasteiger charge is 2.12. The Labute approximate surface area is 172 Å². The van der Waals surface area contributed by atoms with Crippen LogP contribution in [0.5, 0.6) is 5.75 Å². The predicted octanol–water partition coefficient (Wildman–Crippen LogP) is 5.59. The van der Waals surface area contributed by atoms with Crippen molar-refractivity contribution in [3.63, 3.8) is 0 Å².